The Hall–Kier alpha value is -2.08. The number of nitrogens with two attached hydrogens (primary N) is 1. The fraction of sp³-hybridized carbons (Fsp3) is 0.556. The number of phenols is 1. The standard InChI is InChI=1S/C18H27N3O3/c1-17(2)7-12(19)8-18(3,9-17)10-20-16(24)13-5-4-6-14(15(13)23)21-11-22/h4-6,11-12,23H,7-10,19H2,1-3H3,(H,20,24)(H,21,22). The molecule has 0 heterocycles. The maximum Gasteiger partial charge on any atom is 0.255 e. The molecule has 1 aliphatic rings. The normalized spacial score (nSPS) is 25.8. The van der Waals surface area contributed by atoms with E-state index >= 15 is 0 Å². The third-order valence-corrected chi connectivity index (χ3v) is 4.65. The number of hydrogen-bond acceptors (Lipinski definition) is 4. The minimum absolute atomic E-state index is 0.0783. The van der Waals surface area contributed by atoms with Crippen LogP contribution in [0.2, 0.25) is 0 Å². The van der Waals surface area contributed by atoms with E-state index in [1.165, 1.54) is 12.1 Å². The summed E-state index contributed by atoms with van der Waals surface area (Å²) in [5.41, 5.74) is 6.61. The van der Waals surface area contributed by atoms with Crippen molar-refractivity contribution in [2.75, 3.05) is 11.9 Å². The van der Waals surface area contributed by atoms with E-state index in [0.717, 1.165) is 19.3 Å². The number of benzene rings is 1. The first-order valence-electron chi connectivity index (χ1n) is 8.22. The minimum atomic E-state index is -0.361. The number of phenolic OH excluding ortho intramolecular Hbond substituents is 1. The van der Waals surface area contributed by atoms with Crippen molar-refractivity contribution in [3.05, 3.63) is 23.8 Å². The zero-order valence-corrected chi connectivity index (χ0v) is 14.6. The van der Waals surface area contributed by atoms with Crippen LogP contribution in [-0.4, -0.2) is 30.0 Å². The topological polar surface area (TPSA) is 104 Å². The number of para-hydroxylation sites is 1. The summed E-state index contributed by atoms with van der Waals surface area (Å²) in [6.07, 6.45) is 3.28. The van der Waals surface area contributed by atoms with Crippen molar-refractivity contribution in [2.45, 2.75) is 46.1 Å². The summed E-state index contributed by atoms with van der Waals surface area (Å²) in [5, 5.41) is 15.4. The van der Waals surface area contributed by atoms with Crippen molar-refractivity contribution in [1.29, 1.82) is 0 Å². The number of hydrogen-bond donors (Lipinski definition) is 4. The van der Waals surface area contributed by atoms with Gasteiger partial charge in [-0.1, -0.05) is 26.8 Å². The first kappa shape index (κ1) is 18.3. The number of aromatic hydroxyl groups is 1. The van der Waals surface area contributed by atoms with Crippen molar-refractivity contribution in [3.8, 4) is 5.75 Å². The number of nitrogens with one attached hydrogen (secondary N) is 2. The Morgan fingerprint density at radius 1 is 1.38 bits per heavy atom. The van der Waals surface area contributed by atoms with E-state index in [1.807, 2.05) is 0 Å². The lowest BCUT2D eigenvalue weighted by Crippen LogP contribution is -2.47. The third-order valence-electron chi connectivity index (χ3n) is 4.65. The lowest BCUT2D eigenvalue weighted by atomic mass is 9.63. The molecule has 1 fully saturated rings. The smallest absolute Gasteiger partial charge is 0.255 e. The molecule has 24 heavy (non-hydrogen) atoms. The average Bonchev–Trinajstić information content (AvgIpc) is 2.45. The predicted octanol–water partition coefficient (Wildman–Crippen LogP) is 2.23. The highest BCUT2D eigenvalue weighted by Crippen LogP contribution is 2.45. The highest BCUT2D eigenvalue weighted by Gasteiger charge is 2.40. The molecule has 6 nitrogen and oxygen atoms in total. The lowest BCUT2D eigenvalue weighted by molar-refractivity contribution is -0.105. The molecular weight excluding hydrogens is 306 g/mol. The van der Waals surface area contributed by atoms with Crippen molar-refractivity contribution < 1.29 is 14.7 Å². The molecule has 0 aliphatic heterocycles. The van der Waals surface area contributed by atoms with Gasteiger partial charge < -0.3 is 21.5 Å². The number of anilines is 1. The fourth-order valence-corrected chi connectivity index (χ4v) is 4.14. The zero-order chi connectivity index (χ0) is 18.0. The van der Waals surface area contributed by atoms with Gasteiger partial charge in [0.1, 0.15) is 0 Å². The van der Waals surface area contributed by atoms with E-state index in [1.54, 1.807) is 6.07 Å². The van der Waals surface area contributed by atoms with E-state index in [9.17, 15) is 14.7 Å². The Balaban J connectivity index is 2.08. The van der Waals surface area contributed by atoms with E-state index in [0.29, 0.717) is 13.0 Å². The molecule has 0 radical (unpaired) electrons. The van der Waals surface area contributed by atoms with Gasteiger partial charge in [-0.25, -0.2) is 0 Å². The van der Waals surface area contributed by atoms with Crippen LogP contribution >= 0.6 is 0 Å². The summed E-state index contributed by atoms with van der Waals surface area (Å²) >= 11 is 0. The molecule has 5 N–H and O–H groups in total. The Bertz CT molecular complexity index is 630. The highest BCUT2D eigenvalue weighted by atomic mass is 16.3. The molecule has 1 aromatic carbocycles. The Morgan fingerprint density at radius 3 is 2.71 bits per heavy atom. The molecule has 2 atom stereocenters. The Kier molecular flexibility index (Phi) is 5.18. The molecule has 2 amide bonds. The minimum Gasteiger partial charge on any atom is -0.505 e. The van der Waals surface area contributed by atoms with Gasteiger partial charge >= 0.3 is 0 Å². The van der Waals surface area contributed by atoms with Gasteiger partial charge in [-0.2, -0.15) is 0 Å². The summed E-state index contributed by atoms with van der Waals surface area (Å²) < 4.78 is 0. The van der Waals surface area contributed by atoms with Crippen LogP contribution in [0.3, 0.4) is 0 Å². The second-order valence-corrected chi connectivity index (χ2v) is 7.97. The summed E-state index contributed by atoms with van der Waals surface area (Å²) in [4.78, 5) is 23.0. The second kappa shape index (κ2) is 6.81. The van der Waals surface area contributed by atoms with Crippen LogP contribution in [0, 0.1) is 10.8 Å². The first-order valence-corrected chi connectivity index (χ1v) is 8.22. The highest BCUT2D eigenvalue weighted by molar-refractivity contribution is 5.99. The van der Waals surface area contributed by atoms with Gasteiger partial charge in [0.25, 0.3) is 5.91 Å². The Morgan fingerprint density at radius 2 is 2.08 bits per heavy atom. The van der Waals surface area contributed by atoms with E-state index in [4.69, 9.17) is 5.73 Å². The molecule has 6 heteroatoms. The molecule has 132 valence electrons. The van der Waals surface area contributed by atoms with E-state index in [2.05, 4.69) is 31.4 Å². The molecule has 0 aromatic heterocycles. The van der Waals surface area contributed by atoms with Crippen LogP contribution in [0.1, 0.15) is 50.4 Å². The van der Waals surface area contributed by atoms with Crippen molar-refractivity contribution in [1.82, 2.24) is 5.32 Å². The van der Waals surface area contributed by atoms with Gasteiger partial charge in [-0.3, -0.25) is 9.59 Å². The van der Waals surface area contributed by atoms with Crippen molar-refractivity contribution in [2.24, 2.45) is 16.6 Å². The van der Waals surface area contributed by atoms with Gasteiger partial charge in [-0.05, 0) is 42.2 Å². The Labute approximate surface area is 142 Å². The van der Waals surface area contributed by atoms with Crippen LogP contribution in [0.5, 0.6) is 5.75 Å². The van der Waals surface area contributed by atoms with Gasteiger partial charge in [0.05, 0.1) is 11.3 Å². The summed E-state index contributed by atoms with van der Waals surface area (Å²) in [5.74, 6) is -0.590. The van der Waals surface area contributed by atoms with Gasteiger partial charge in [0.2, 0.25) is 6.41 Å². The van der Waals surface area contributed by atoms with Gasteiger partial charge in [0.15, 0.2) is 5.75 Å². The zero-order valence-electron chi connectivity index (χ0n) is 14.6. The van der Waals surface area contributed by atoms with Crippen LogP contribution < -0.4 is 16.4 Å². The van der Waals surface area contributed by atoms with E-state index < -0.39 is 0 Å². The average molecular weight is 333 g/mol. The maximum atomic E-state index is 12.4. The molecule has 0 saturated heterocycles. The molecule has 2 unspecified atom stereocenters. The maximum absolute atomic E-state index is 12.4. The quantitative estimate of drug-likeness (QED) is 0.490. The molecule has 2 rings (SSSR count). The third kappa shape index (κ3) is 4.26. The van der Waals surface area contributed by atoms with Crippen LogP contribution in [0.15, 0.2) is 18.2 Å². The van der Waals surface area contributed by atoms with Crippen LogP contribution in [-0.2, 0) is 4.79 Å². The second-order valence-electron chi connectivity index (χ2n) is 7.97. The summed E-state index contributed by atoms with van der Waals surface area (Å²) in [6, 6.07) is 4.80. The largest absolute Gasteiger partial charge is 0.505 e. The van der Waals surface area contributed by atoms with E-state index in [-0.39, 0.29) is 39.8 Å². The number of amides is 2. The number of rotatable bonds is 5. The van der Waals surface area contributed by atoms with Crippen molar-refractivity contribution in [3.63, 3.8) is 0 Å². The SMILES string of the molecule is CC1(C)CC(N)CC(C)(CNC(=O)c2cccc(NC=O)c2O)C1. The predicted molar refractivity (Wildman–Crippen MR) is 93.8 cm³/mol. The van der Waals surface area contributed by atoms with Crippen molar-refractivity contribution >= 4 is 18.0 Å². The van der Waals surface area contributed by atoms with Gasteiger partial charge in [-0.15, -0.1) is 0 Å². The molecule has 1 aliphatic carbocycles. The molecular formula is C18H27N3O3. The van der Waals surface area contributed by atoms with Crippen LogP contribution in [0.25, 0.3) is 0 Å². The number of carbonyl (C=O) groups is 2. The molecule has 0 bridgehead atoms. The van der Waals surface area contributed by atoms with Crippen LogP contribution in [0.4, 0.5) is 5.69 Å². The lowest BCUT2D eigenvalue weighted by Gasteiger charge is -2.45. The summed E-state index contributed by atoms with van der Waals surface area (Å²) in [7, 11) is 0. The monoisotopic (exact) mass is 333 g/mol. The molecule has 0 spiro atoms. The first-order chi connectivity index (χ1) is 11.2. The number of carbonyl (C=O) groups excluding carboxylic acids is 2. The summed E-state index contributed by atoms with van der Waals surface area (Å²) in [6.45, 7) is 7.03. The molecule has 1 saturated carbocycles. The fourth-order valence-electron chi connectivity index (χ4n) is 4.14. The van der Waals surface area contributed by atoms with Gasteiger partial charge in [0, 0.05) is 12.6 Å². The molecule has 1 aromatic rings.